The maximum absolute atomic E-state index is 10.9. The Kier molecular flexibility index (Phi) is 3.55. The molecule has 0 spiro atoms. The second-order valence-corrected chi connectivity index (χ2v) is 3.02. The largest absolute Gasteiger partial charge is 0.508 e. The Bertz CT molecular complexity index is 241. The number of ether oxygens (including phenoxy) is 1. The van der Waals surface area contributed by atoms with Crippen LogP contribution in [0.15, 0.2) is 24.0 Å². The lowest BCUT2D eigenvalue weighted by atomic mass is 10.1. The number of esters is 1. The Labute approximate surface area is 77.7 Å². The molecule has 0 aromatic heterocycles. The van der Waals surface area contributed by atoms with E-state index in [1.807, 2.05) is 0 Å². The van der Waals surface area contributed by atoms with Gasteiger partial charge in [0, 0.05) is 6.08 Å². The van der Waals surface area contributed by atoms with Crippen LogP contribution in [0, 0.1) is 0 Å². The van der Waals surface area contributed by atoms with Gasteiger partial charge in [-0.15, -0.1) is 0 Å². The van der Waals surface area contributed by atoms with E-state index in [-0.39, 0.29) is 11.7 Å². The van der Waals surface area contributed by atoms with Gasteiger partial charge in [0.1, 0.15) is 5.76 Å². The molecule has 0 amide bonds. The zero-order valence-corrected chi connectivity index (χ0v) is 7.69. The van der Waals surface area contributed by atoms with Crippen molar-refractivity contribution < 1.29 is 14.6 Å². The van der Waals surface area contributed by atoms with E-state index in [0.29, 0.717) is 6.42 Å². The van der Waals surface area contributed by atoms with E-state index in [2.05, 4.69) is 6.92 Å². The minimum atomic E-state index is -0.456. The third kappa shape index (κ3) is 2.93. The molecule has 1 atom stereocenters. The van der Waals surface area contributed by atoms with E-state index >= 15 is 0 Å². The van der Waals surface area contributed by atoms with Crippen LogP contribution in [-0.4, -0.2) is 17.2 Å². The van der Waals surface area contributed by atoms with Gasteiger partial charge in [0.25, 0.3) is 0 Å². The van der Waals surface area contributed by atoms with Gasteiger partial charge in [-0.05, 0) is 18.9 Å². The van der Waals surface area contributed by atoms with Crippen molar-refractivity contribution in [2.45, 2.75) is 32.3 Å². The summed E-state index contributed by atoms with van der Waals surface area (Å²) in [5.41, 5.74) is 0. The molecule has 3 heteroatoms. The van der Waals surface area contributed by atoms with E-state index < -0.39 is 6.10 Å². The fraction of sp³-hybridized carbons (Fsp3) is 0.500. The number of unbranched alkanes of at least 4 members (excludes halogenated alkanes) is 1. The number of carbonyl (C=O) groups is 1. The highest BCUT2D eigenvalue weighted by atomic mass is 16.6. The van der Waals surface area contributed by atoms with Gasteiger partial charge >= 0.3 is 5.97 Å². The topological polar surface area (TPSA) is 46.5 Å². The highest BCUT2D eigenvalue weighted by Crippen LogP contribution is 2.14. The summed E-state index contributed by atoms with van der Waals surface area (Å²) >= 11 is 0. The summed E-state index contributed by atoms with van der Waals surface area (Å²) < 4.78 is 4.98. The highest BCUT2D eigenvalue weighted by Gasteiger charge is 2.18. The zero-order valence-electron chi connectivity index (χ0n) is 7.69. The van der Waals surface area contributed by atoms with Crippen LogP contribution in [0.4, 0.5) is 0 Å². The van der Waals surface area contributed by atoms with Gasteiger partial charge in [0.2, 0.25) is 0 Å². The van der Waals surface area contributed by atoms with Crippen LogP contribution in [0.5, 0.6) is 0 Å². The van der Waals surface area contributed by atoms with Crippen molar-refractivity contribution in [1.82, 2.24) is 0 Å². The average molecular weight is 182 g/mol. The van der Waals surface area contributed by atoms with Gasteiger partial charge < -0.3 is 9.84 Å². The average Bonchev–Trinajstić information content (AvgIpc) is 2.25. The standard InChI is InChI=1S/C10H14O3/c1-2-3-6-9-8(11)5-4-7-10(12)13-9/h4-5,7,9,11H,2-3,6H2,1H3. The van der Waals surface area contributed by atoms with Crippen molar-refractivity contribution in [3.05, 3.63) is 24.0 Å². The molecule has 0 aromatic carbocycles. The smallest absolute Gasteiger partial charge is 0.331 e. The summed E-state index contributed by atoms with van der Waals surface area (Å²) in [4.78, 5) is 10.9. The Hall–Kier alpha value is -1.25. The first-order chi connectivity index (χ1) is 6.24. The van der Waals surface area contributed by atoms with Gasteiger partial charge in [0.15, 0.2) is 6.10 Å². The van der Waals surface area contributed by atoms with E-state index in [1.165, 1.54) is 18.2 Å². The third-order valence-electron chi connectivity index (χ3n) is 1.91. The van der Waals surface area contributed by atoms with E-state index in [4.69, 9.17) is 4.74 Å². The number of rotatable bonds is 3. The molecule has 1 rings (SSSR count). The molecule has 1 unspecified atom stereocenters. The van der Waals surface area contributed by atoms with Gasteiger partial charge in [-0.2, -0.15) is 0 Å². The van der Waals surface area contributed by atoms with E-state index in [0.717, 1.165) is 12.8 Å². The van der Waals surface area contributed by atoms with Crippen LogP contribution in [0.3, 0.4) is 0 Å². The summed E-state index contributed by atoms with van der Waals surface area (Å²) in [5.74, 6) is -0.253. The molecule has 1 heterocycles. The second-order valence-electron chi connectivity index (χ2n) is 3.02. The number of allylic oxidation sites excluding steroid dienone is 2. The maximum atomic E-state index is 10.9. The van der Waals surface area contributed by atoms with Crippen molar-refractivity contribution in [2.75, 3.05) is 0 Å². The molecule has 72 valence electrons. The molecule has 0 radical (unpaired) electrons. The molecule has 0 saturated carbocycles. The lowest BCUT2D eigenvalue weighted by Crippen LogP contribution is -2.18. The summed E-state index contributed by atoms with van der Waals surface area (Å²) in [5, 5.41) is 9.43. The quantitative estimate of drug-likeness (QED) is 0.680. The first kappa shape index (κ1) is 9.84. The lowest BCUT2D eigenvalue weighted by molar-refractivity contribution is -0.142. The van der Waals surface area contributed by atoms with Crippen molar-refractivity contribution in [3.8, 4) is 0 Å². The fourth-order valence-electron chi connectivity index (χ4n) is 1.17. The minimum Gasteiger partial charge on any atom is -0.508 e. The maximum Gasteiger partial charge on any atom is 0.331 e. The molecule has 0 saturated heterocycles. The van der Waals surface area contributed by atoms with Crippen LogP contribution >= 0.6 is 0 Å². The number of hydrogen-bond acceptors (Lipinski definition) is 3. The van der Waals surface area contributed by atoms with Crippen molar-refractivity contribution >= 4 is 5.97 Å². The third-order valence-corrected chi connectivity index (χ3v) is 1.91. The minimum absolute atomic E-state index is 0.135. The molecule has 1 aliphatic heterocycles. The predicted molar refractivity (Wildman–Crippen MR) is 49.3 cm³/mol. The number of aliphatic hydroxyl groups excluding tert-OH is 1. The summed E-state index contributed by atoms with van der Waals surface area (Å²) in [7, 11) is 0. The summed E-state index contributed by atoms with van der Waals surface area (Å²) in [6.45, 7) is 2.05. The molecule has 0 bridgehead atoms. The Morgan fingerprint density at radius 3 is 3.08 bits per heavy atom. The molecule has 0 aromatic rings. The molecular formula is C10H14O3. The number of aliphatic hydroxyl groups is 1. The Balaban J connectivity index is 2.56. The first-order valence-corrected chi connectivity index (χ1v) is 4.52. The SMILES string of the molecule is CCCCC1OC(=O)C=CC=C1O. The number of hydrogen-bond donors (Lipinski definition) is 1. The highest BCUT2D eigenvalue weighted by molar-refractivity contribution is 5.83. The second kappa shape index (κ2) is 4.70. The first-order valence-electron chi connectivity index (χ1n) is 4.52. The van der Waals surface area contributed by atoms with Crippen molar-refractivity contribution in [2.24, 2.45) is 0 Å². The van der Waals surface area contributed by atoms with Crippen LogP contribution in [0.25, 0.3) is 0 Å². The van der Waals surface area contributed by atoms with Gasteiger partial charge in [-0.25, -0.2) is 4.79 Å². The van der Waals surface area contributed by atoms with Crippen molar-refractivity contribution in [3.63, 3.8) is 0 Å². The number of carbonyl (C=O) groups excluding carboxylic acids is 1. The van der Waals surface area contributed by atoms with Crippen LogP contribution in [0.1, 0.15) is 26.2 Å². The Morgan fingerprint density at radius 2 is 2.38 bits per heavy atom. The summed E-state index contributed by atoms with van der Waals surface area (Å²) in [6, 6.07) is 0. The Morgan fingerprint density at radius 1 is 1.62 bits per heavy atom. The van der Waals surface area contributed by atoms with Crippen LogP contribution in [-0.2, 0) is 9.53 Å². The van der Waals surface area contributed by atoms with E-state index in [1.54, 1.807) is 0 Å². The van der Waals surface area contributed by atoms with Crippen LogP contribution < -0.4 is 0 Å². The molecule has 0 fully saturated rings. The molecular weight excluding hydrogens is 168 g/mol. The van der Waals surface area contributed by atoms with Crippen molar-refractivity contribution in [1.29, 1.82) is 0 Å². The number of cyclic esters (lactones) is 1. The molecule has 13 heavy (non-hydrogen) atoms. The summed E-state index contributed by atoms with van der Waals surface area (Å²) in [6.07, 6.45) is 6.51. The monoisotopic (exact) mass is 182 g/mol. The molecule has 0 aliphatic carbocycles. The molecule has 1 aliphatic rings. The van der Waals surface area contributed by atoms with Gasteiger partial charge in [-0.1, -0.05) is 19.4 Å². The zero-order chi connectivity index (χ0) is 9.68. The lowest BCUT2D eigenvalue weighted by Gasteiger charge is -2.14. The predicted octanol–water partition coefficient (Wildman–Crippen LogP) is 2.10. The van der Waals surface area contributed by atoms with E-state index in [9.17, 15) is 9.90 Å². The van der Waals surface area contributed by atoms with Gasteiger partial charge in [0.05, 0.1) is 0 Å². The fourth-order valence-corrected chi connectivity index (χ4v) is 1.17. The van der Waals surface area contributed by atoms with Gasteiger partial charge in [-0.3, -0.25) is 0 Å². The van der Waals surface area contributed by atoms with Crippen LogP contribution in [0.2, 0.25) is 0 Å². The molecule has 1 N–H and O–H groups in total. The molecule has 3 nitrogen and oxygen atoms in total. The normalized spacial score (nSPS) is 22.1.